The Balaban J connectivity index is 2.04. The monoisotopic (exact) mass is 524 g/mol. The van der Waals surface area contributed by atoms with Gasteiger partial charge in [0.25, 0.3) is 0 Å². The summed E-state index contributed by atoms with van der Waals surface area (Å²) in [4.78, 5) is 0. The molecule has 0 nitrogen and oxygen atoms in total. The molecule has 1 heteroatoms. The second-order valence-electron chi connectivity index (χ2n) is 8.93. The van der Waals surface area contributed by atoms with E-state index in [1.165, 1.54) is 34.3 Å². The molecule has 0 N–H and O–H groups in total. The van der Waals surface area contributed by atoms with Crippen molar-refractivity contribution in [3.05, 3.63) is 175 Å². The predicted molar refractivity (Wildman–Crippen MR) is 158 cm³/mol. The zero-order valence-corrected chi connectivity index (χ0v) is 22.5. The molecule has 174 valence electrons. The van der Waals surface area contributed by atoms with E-state index >= 15 is 0 Å². The molecular formula is C35H30Ge. The van der Waals surface area contributed by atoms with Gasteiger partial charge in [-0.3, -0.25) is 0 Å². The molecule has 5 rings (SSSR count). The molecule has 0 fully saturated rings. The van der Waals surface area contributed by atoms with Gasteiger partial charge in [0.05, 0.1) is 0 Å². The zero-order chi connectivity index (χ0) is 24.6. The third-order valence-electron chi connectivity index (χ3n) is 6.83. The number of hydrogen-bond donors (Lipinski definition) is 0. The summed E-state index contributed by atoms with van der Waals surface area (Å²) in [5, 5.41) is 0. The van der Waals surface area contributed by atoms with Crippen LogP contribution in [-0.4, -0.2) is 13.3 Å². The molecule has 0 saturated heterocycles. The van der Waals surface area contributed by atoms with Crippen LogP contribution in [0.5, 0.6) is 0 Å². The molecule has 0 aliphatic carbocycles. The van der Waals surface area contributed by atoms with Crippen LogP contribution >= 0.6 is 0 Å². The van der Waals surface area contributed by atoms with E-state index in [-0.39, 0.29) is 0 Å². The maximum absolute atomic E-state index is 4.19. The van der Waals surface area contributed by atoms with Crippen molar-refractivity contribution in [3.63, 3.8) is 0 Å². The molecule has 0 aromatic heterocycles. The summed E-state index contributed by atoms with van der Waals surface area (Å²) in [7, 11) is 0. The Morgan fingerprint density at radius 3 is 1.17 bits per heavy atom. The van der Waals surface area contributed by atoms with Gasteiger partial charge >= 0.3 is 218 Å². The first-order chi connectivity index (χ1) is 17.9. The molecule has 36 heavy (non-hydrogen) atoms. The van der Waals surface area contributed by atoms with Crippen LogP contribution in [0, 0.1) is 0 Å². The summed E-state index contributed by atoms with van der Waals surface area (Å²) in [5.74, 6) is 0. The van der Waals surface area contributed by atoms with Gasteiger partial charge in [0.2, 0.25) is 0 Å². The SMILES string of the molecule is C=CC/C(=[C](\c1ccccc1)[Ge]([c]1ccccc1)([c]1ccccc1)[c]1ccccc1)c1ccccc1. The van der Waals surface area contributed by atoms with Gasteiger partial charge in [0, 0.05) is 0 Å². The van der Waals surface area contributed by atoms with Crippen LogP contribution in [0.2, 0.25) is 0 Å². The summed E-state index contributed by atoms with van der Waals surface area (Å²) >= 11 is -3.52. The maximum atomic E-state index is 4.19. The van der Waals surface area contributed by atoms with Crippen molar-refractivity contribution in [2.24, 2.45) is 0 Å². The van der Waals surface area contributed by atoms with E-state index in [0.717, 1.165) is 6.42 Å². The van der Waals surface area contributed by atoms with Gasteiger partial charge in [-0.15, -0.1) is 0 Å². The summed E-state index contributed by atoms with van der Waals surface area (Å²) in [6.07, 6.45) is 2.85. The predicted octanol–water partition coefficient (Wildman–Crippen LogP) is 6.88. The Morgan fingerprint density at radius 1 is 0.472 bits per heavy atom. The van der Waals surface area contributed by atoms with Crippen molar-refractivity contribution < 1.29 is 0 Å². The van der Waals surface area contributed by atoms with Crippen LogP contribution in [0.15, 0.2) is 164 Å². The topological polar surface area (TPSA) is 0 Å². The number of rotatable bonds is 8. The number of hydrogen-bond acceptors (Lipinski definition) is 0. The molecule has 5 aromatic rings. The van der Waals surface area contributed by atoms with E-state index in [1.807, 2.05) is 0 Å². The Morgan fingerprint density at radius 2 is 0.806 bits per heavy atom. The second-order valence-corrected chi connectivity index (χ2v) is 16.8. The molecule has 5 aromatic carbocycles. The van der Waals surface area contributed by atoms with Crippen LogP contribution in [0.1, 0.15) is 17.5 Å². The first-order valence-corrected chi connectivity index (χ1v) is 16.7. The first-order valence-electron chi connectivity index (χ1n) is 12.5. The molecule has 0 unspecified atom stereocenters. The molecule has 0 saturated carbocycles. The number of benzene rings is 5. The molecular weight excluding hydrogens is 493 g/mol. The summed E-state index contributed by atoms with van der Waals surface area (Å²) < 4.78 is 5.73. The van der Waals surface area contributed by atoms with E-state index in [0.29, 0.717) is 0 Å². The molecule has 0 atom stereocenters. The zero-order valence-electron chi connectivity index (χ0n) is 20.4. The van der Waals surface area contributed by atoms with Crippen LogP contribution < -0.4 is 13.2 Å². The normalized spacial score (nSPS) is 12.0. The van der Waals surface area contributed by atoms with Crippen molar-refractivity contribution in [1.29, 1.82) is 0 Å². The Hall–Kier alpha value is -3.88. The molecule has 0 spiro atoms. The van der Waals surface area contributed by atoms with Crippen molar-refractivity contribution in [1.82, 2.24) is 0 Å². The fourth-order valence-corrected chi connectivity index (χ4v) is 16.4. The molecule has 0 amide bonds. The van der Waals surface area contributed by atoms with E-state index in [2.05, 4.69) is 164 Å². The van der Waals surface area contributed by atoms with Gasteiger partial charge in [0.1, 0.15) is 0 Å². The minimum atomic E-state index is -3.52. The first kappa shape index (κ1) is 23.8. The fourth-order valence-electron chi connectivity index (χ4n) is 5.37. The van der Waals surface area contributed by atoms with Crippen LogP contribution in [0.25, 0.3) is 9.98 Å². The van der Waals surface area contributed by atoms with Crippen molar-refractivity contribution >= 4 is 36.4 Å². The van der Waals surface area contributed by atoms with E-state index in [4.69, 9.17) is 0 Å². The molecule has 0 bridgehead atoms. The van der Waals surface area contributed by atoms with Gasteiger partial charge in [-0.1, -0.05) is 0 Å². The van der Waals surface area contributed by atoms with Gasteiger partial charge in [-0.2, -0.15) is 0 Å². The van der Waals surface area contributed by atoms with E-state index < -0.39 is 13.3 Å². The Bertz CT molecular complexity index is 1330. The summed E-state index contributed by atoms with van der Waals surface area (Å²) in [5.41, 5.74) is 3.90. The van der Waals surface area contributed by atoms with Crippen LogP contribution in [0.4, 0.5) is 0 Å². The molecule has 0 heterocycles. The van der Waals surface area contributed by atoms with Crippen LogP contribution in [0.3, 0.4) is 0 Å². The van der Waals surface area contributed by atoms with Crippen molar-refractivity contribution in [2.75, 3.05) is 0 Å². The average molecular weight is 523 g/mol. The molecule has 0 aliphatic rings. The quantitative estimate of drug-likeness (QED) is 0.118. The average Bonchev–Trinajstić information content (AvgIpc) is 2.97. The van der Waals surface area contributed by atoms with Crippen LogP contribution in [-0.2, 0) is 0 Å². The van der Waals surface area contributed by atoms with Crippen molar-refractivity contribution in [2.45, 2.75) is 6.42 Å². The van der Waals surface area contributed by atoms with Gasteiger partial charge < -0.3 is 0 Å². The van der Waals surface area contributed by atoms with E-state index in [1.54, 1.807) is 0 Å². The summed E-state index contributed by atoms with van der Waals surface area (Å²) in [6.45, 7) is 4.19. The number of allylic oxidation sites excluding steroid dienone is 2. The van der Waals surface area contributed by atoms with Crippen molar-refractivity contribution in [3.8, 4) is 0 Å². The Labute approximate surface area is 217 Å². The van der Waals surface area contributed by atoms with Gasteiger partial charge in [-0.05, 0) is 0 Å². The molecule has 0 radical (unpaired) electrons. The Kier molecular flexibility index (Phi) is 7.45. The standard InChI is InChI=1S/C35H30Ge/c1-2-18-34(29-19-8-3-9-20-29)35(30-21-10-4-11-22-30)36(31-23-12-5-13-24-31,32-25-14-6-15-26-32)33-27-16-7-17-28-33/h2-17,19-28H,1,18H2/b35-34-. The summed E-state index contributed by atoms with van der Waals surface area (Å²) in [6, 6.07) is 55.5. The third kappa shape index (κ3) is 4.53. The van der Waals surface area contributed by atoms with Gasteiger partial charge in [0.15, 0.2) is 0 Å². The second kappa shape index (κ2) is 11.2. The minimum absolute atomic E-state index is 0.799. The third-order valence-corrected chi connectivity index (χ3v) is 17.2. The van der Waals surface area contributed by atoms with E-state index in [9.17, 15) is 0 Å². The fraction of sp³-hybridized carbons (Fsp3) is 0.0286. The molecule has 0 aliphatic heterocycles. The van der Waals surface area contributed by atoms with Gasteiger partial charge in [-0.25, -0.2) is 0 Å².